The van der Waals surface area contributed by atoms with Crippen molar-refractivity contribution in [1.82, 2.24) is 0 Å². The van der Waals surface area contributed by atoms with Crippen LogP contribution in [0.25, 0.3) is 0 Å². The third kappa shape index (κ3) is 2.61. The van der Waals surface area contributed by atoms with E-state index >= 15 is 0 Å². The van der Waals surface area contributed by atoms with E-state index in [1.807, 2.05) is 0 Å². The van der Waals surface area contributed by atoms with E-state index in [1.165, 1.54) is 22.5 Å². The van der Waals surface area contributed by atoms with Gasteiger partial charge in [0, 0.05) is 18.7 Å². The molecule has 2 aromatic rings. The lowest BCUT2D eigenvalue weighted by Gasteiger charge is -2.19. The molecule has 0 atom stereocenters. The second-order valence-electron chi connectivity index (χ2n) is 5.08. The third-order valence-corrected chi connectivity index (χ3v) is 5.57. The smallest absolute Gasteiger partial charge is 0.270 e. The zero-order valence-corrected chi connectivity index (χ0v) is 13.1. The largest absolute Gasteiger partial charge is 0.497 e. The molecule has 0 N–H and O–H groups in total. The lowest BCUT2D eigenvalue weighted by Crippen LogP contribution is -2.29. The van der Waals surface area contributed by atoms with Crippen molar-refractivity contribution in [3.63, 3.8) is 0 Å². The van der Waals surface area contributed by atoms with Crippen LogP contribution in [0.2, 0.25) is 0 Å². The van der Waals surface area contributed by atoms with Crippen LogP contribution < -0.4 is 9.04 Å². The molecule has 1 heterocycles. The molecular formula is C15H14N2O5S. The minimum absolute atomic E-state index is 0.0876. The highest BCUT2D eigenvalue weighted by Gasteiger charge is 2.31. The second-order valence-corrected chi connectivity index (χ2v) is 6.94. The Bertz CT molecular complexity index is 879. The lowest BCUT2D eigenvalue weighted by atomic mass is 10.1. The normalized spacial score (nSPS) is 13.7. The Morgan fingerprint density at radius 3 is 2.70 bits per heavy atom. The molecule has 0 aromatic heterocycles. The summed E-state index contributed by atoms with van der Waals surface area (Å²) in [6.45, 7) is 0.299. The number of anilines is 1. The summed E-state index contributed by atoms with van der Waals surface area (Å²) < 4.78 is 32.0. The number of methoxy groups -OCH3 is 1. The maximum absolute atomic E-state index is 12.8. The average molecular weight is 334 g/mol. The predicted molar refractivity (Wildman–Crippen MR) is 84.3 cm³/mol. The molecule has 0 bridgehead atoms. The maximum atomic E-state index is 12.8. The molecule has 0 radical (unpaired) electrons. The molecule has 0 spiro atoms. The van der Waals surface area contributed by atoms with Crippen LogP contribution in [0.3, 0.4) is 0 Å². The third-order valence-electron chi connectivity index (χ3n) is 3.76. The molecule has 0 saturated heterocycles. The summed E-state index contributed by atoms with van der Waals surface area (Å²) in [5.41, 5.74) is 1.20. The van der Waals surface area contributed by atoms with Gasteiger partial charge in [0.05, 0.1) is 22.6 Å². The van der Waals surface area contributed by atoms with Crippen LogP contribution in [0.4, 0.5) is 11.4 Å². The first-order valence-electron chi connectivity index (χ1n) is 6.87. The van der Waals surface area contributed by atoms with Gasteiger partial charge in [-0.2, -0.15) is 0 Å². The highest BCUT2D eigenvalue weighted by Crippen LogP contribution is 2.35. The Balaban J connectivity index is 2.03. The van der Waals surface area contributed by atoms with Gasteiger partial charge >= 0.3 is 0 Å². The number of nitro groups is 1. The molecule has 0 fully saturated rings. The molecule has 7 nitrogen and oxygen atoms in total. The minimum Gasteiger partial charge on any atom is -0.497 e. The average Bonchev–Trinajstić information content (AvgIpc) is 2.98. The molecule has 0 amide bonds. The zero-order valence-electron chi connectivity index (χ0n) is 12.3. The summed E-state index contributed by atoms with van der Waals surface area (Å²) in [5.74, 6) is 0.665. The molecule has 0 unspecified atom stereocenters. The van der Waals surface area contributed by atoms with Gasteiger partial charge in [0.1, 0.15) is 5.75 Å². The first-order chi connectivity index (χ1) is 10.9. The summed E-state index contributed by atoms with van der Waals surface area (Å²) in [5, 5.41) is 10.9. The molecule has 23 heavy (non-hydrogen) atoms. The van der Waals surface area contributed by atoms with Gasteiger partial charge in [-0.25, -0.2) is 8.42 Å². The number of nitrogens with zero attached hydrogens (tertiary/aromatic N) is 2. The van der Waals surface area contributed by atoms with Gasteiger partial charge in [-0.05, 0) is 36.2 Å². The maximum Gasteiger partial charge on any atom is 0.270 e. The van der Waals surface area contributed by atoms with E-state index in [1.54, 1.807) is 25.3 Å². The fourth-order valence-corrected chi connectivity index (χ4v) is 4.15. The standard InChI is InChI=1S/C15H14N2O5S/c1-22-13-5-6-15-11(9-13)7-8-16(15)23(20,21)14-4-2-3-12(10-14)17(18)19/h2-6,9-10H,7-8H2,1H3. The van der Waals surface area contributed by atoms with Crippen LogP contribution in [0.1, 0.15) is 5.56 Å². The first kappa shape index (κ1) is 15.3. The van der Waals surface area contributed by atoms with Crippen molar-refractivity contribution in [2.45, 2.75) is 11.3 Å². The number of nitro benzene ring substituents is 1. The summed E-state index contributed by atoms with van der Waals surface area (Å²) in [4.78, 5) is 10.2. The second kappa shape index (κ2) is 5.54. The quantitative estimate of drug-likeness (QED) is 0.632. The number of hydrogen-bond donors (Lipinski definition) is 0. The van der Waals surface area contributed by atoms with Crippen LogP contribution in [0.5, 0.6) is 5.75 Å². The summed E-state index contributed by atoms with van der Waals surface area (Å²) >= 11 is 0. The van der Waals surface area contributed by atoms with Crippen LogP contribution in [-0.4, -0.2) is 27.0 Å². The molecular weight excluding hydrogens is 320 g/mol. The van der Waals surface area contributed by atoms with E-state index in [9.17, 15) is 18.5 Å². The number of fused-ring (bicyclic) bond motifs is 1. The van der Waals surface area contributed by atoms with Gasteiger partial charge in [-0.3, -0.25) is 14.4 Å². The highest BCUT2D eigenvalue weighted by atomic mass is 32.2. The Kier molecular flexibility index (Phi) is 3.69. The van der Waals surface area contributed by atoms with E-state index < -0.39 is 14.9 Å². The number of non-ortho nitro benzene ring substituents is 1. The van der Waals surface area contributed by atoms with E-state index in [-0.39, 0.29) is 10.6 Å². The van der Waals surface area contributed by atoms with Gasteiger partial charge in [-0.15, -0.1) is 0 Å². The topological polar surface area (TPSA) is 89.8 Å². The van der Waals surface area contributed by atoms with Crippen LogP contribution in [-0.2, 0) is 16.4 Å². The first-order valence-corrected chi connectivity index (χ1v) is 8.31. The monoisotopic (exact) mass is 334 g/mol. The van der Waals surface area contributed by atoms with E-state index in [0.29, 0.717) is 24.4 Å². The van der Waals surface area contributed by atoms with Crippen molar-refractivity contribution in [3.8, 4) is 5.75 Å². The van der Waals surface area contributed by atoms with Crippen molar-refractivity contribution in [1.29, 1.82) is 0 Å². The van der Waals surface area contributed by atoms with Crippen LogP contribution >= 0.6 is 0 Å². The predicted octanol–water partition coefficient (Wildman–Crippen LogP) is 2.35. The molecule has 120 valence electrons. The van der Waals surface area contributed by atoms with Crippen molar-refractivity contribution >= 4 is 21.4 Å². The number of hydrogen-bond acceptors (Lipinski definition) is 5. The number of sulfonamides is 1. The van der Waals surface area contributed by atoms with Gasteiger partial charge < -0.3 is 4.74 Å². The Hall–Kier alpha value is -2.61. The number of rotatable bonds is 4. The van der Waals surface area contributed by atoms with Crippen molar-refractivity contribution in [3.05, 3.63) is 58.1 Å². The van der Waals surface area contributed by atoms with Gasteiger partial charge in [-0.1, -0.05) is 6.07 Å². The molecule has 0 saturated carbocycles. The summed E-state index contributed by atoms with van der Waals surface area (Å²) in [6.07, 6.45) is 0.570. The molecule has 1 aliphatic heterocycles. The number of benzene rings is 2. The molecule has 0 aliphatic carbocycles. The summed E-state index contributed by atoms with van der Waals surface area (Å²) in [7, 11) is -2.29. The van der Waals surface area contributed by atoms with Crippen molar-refractivity contribution < 1.29 is 18.1 Å². The summed E-state index contributed by atoms with van der Waals surface area (Å²) in [6, 6.07) is 10.3. The fraction of sp³-hybridized carbons (Fsp3) is 0.200. The Morgan fingerprint density at radius 1 is 1.22 bits per heavy atom. The molecule has 2 aromatic carbocycles. The fourth-order valence-electron chi connectivity index (χ4n) is 2.61. The van der Waals surface area contributed by atoms with Gasteiger partial charge in [0.15, 0.2) is 0 Å². The van der Waals surface area contributed by atoms with Gasteiger partial charge in [0.25, 0.3) is 15.7 Å². The highest BCUT2D eigenvalue weighted by molar-refractivity contribution is 7.92. The number of ether oxygens (including phenoxy) is 1. The van der Waals surface area contributed by atoms with E-state index in [0.717, 1.165) is 11.6 Å². The molecule has 1 aliphatic rings. The Labute approximate surface area is 133 Å². The van der Waals surface area contributed by atoms with Crippen molar-refractivity contribution in [2.75, 3.05) is 18.0 Å². The molecule has 3 rings (SSSR count). The minimum atomic E-state index is -3.84. The van der Waals surface area contributed by atoms with Crippen molar-refractivity contribution in [2.24, 2.45) is 0 Å². The van der Waals surface area contributed by atoms with Crippen LogP contribution in [0, 0.1) is 10.1 Å². The van der Waals surface area contributed by atoms with Gasteiger partial charge in [0.2, 0.25) is 0 Å². The van der Waals surface area contributed by atoms with Crippen LogP contribution in [0.15, 0.2) is 47.4 Å². The SMILES string of the molecule is COc1ccc2c(c1)CCN2S(=O)(=O)c1cccc([N+](=O)[O-])c1. The van der Waals surface area contributed by atoms with E-state index in [2.05, 4.69) is 0 Å². The zero-order chi connectivity index (χ0) is 16.6. The lowest BCUT2D eigenvalue weighted by molar-refractivity contribution is -0.385. The molecule has 8 heteroatoms. The van der Waals surface area contributed by atoms with E-state index in [4.69, 9.17) is 4.74 Å². The Morgan fingerprint density at radius 2 is 2.00 bits per heavy atom.